The minimum absolute atomic E-state index is 0.167. The third-order valence-corrected chi connectivity index (χ3v) is 2.75. The minimum Gasteiger partial charge on any atom is -0.302 e. The molecule has 2 nitrogen and oxygen atoms in total. The van der Waals surface area contributed by atoms with Crippen LogP contribution in [0.25, 0.3) is 0 Å². The molecule has 0 fully saturated rings. The SMILES string of the molecule is CCCCCSC(C=O)C[C]=O. The molecule has 0 aromatic heterocycles. The van der Waals surface area contributed by atoms with Crippen LogP contribution in [-0.2, 0) is 9.59 Å². The van der Waals surface area contributed by atoms with Crippen LogP contribution in [0.2, 0.25) is 0 Å². The van der Waals surface area contributed by atoms with Gasteiger partial charge in [-0.05, 0) is 12.2 Å². The Morgan fingerprint density at radius 1 is 1.50 bits per heavy atom. The van der Waals surface area contributed by atoms with E-state index < -0.39 is 0 Å². The molecule has 1 unspecified atom stereocenters. The number of unbranched alkanes of at least 4 members (excludes halogenated alkanes) is 2. The monoisotopic (exact) mass is 187 g/mol. The highest BCUT2D eigenvalue weighted by Crippen LogP contribution is 2.13. The second-order valence-electron chi connectivity index (χ2n) is 2.60. The molecule has 0 aliphatic rings. The van der Waals surface area contributed by atoms with Gasteiger partial charge in [-0.25, -0.2) is 0 Å². The molecule has 1 radical (unpaired) electrons. The molecule has 12 heavy (non-hydrogen) atoms. The second-order valence-corrected chi connectivity index (χ2v) is 3.95. The normalized spacial score (nSPS) is 12.4. The first-order valence-electron chi connectivity index (χ1n) is 4.27. The molecule has 0 aliphatic heterocycles. The zero-order valence-corrected chi connectivity index (χ0v) is 8.23. The summed E-state index contributed by atoms with van der Waals surface area (Å²) in [5.41, 5.74) is 0. The van der Waals surface area contributed by atoms with Crippen LogP contribution in [-0.4, -0.2) is 23.6 Å². The number of carbonyl (C=O) groups excluding carboxylic acids is 2. The summed E-state index contributed by atoms with van der Waals surface area (Å²) in [6, 6.07) is 0. The standard InChI is InChI=1S/C9H15O2S/c1-2-3-4-7-12-9(8-11)5-6-10/h8-9H,2-5,7H2,1H3. The van der Waals surface area contributed by atoms with Crippen LogP contribution in [0.3, 0.4) is 0 Å². The molecule has 0 bridgehead atoms. The summed E-state index contributed by atoms with van der Waals surface area (Å²) in [6.07, 6.45) is 6.34. The van der Waals surface area contributed by atoms with Gasteiger partial charge in [-0.1, -0.05) is 19.8 Å². The molecule has 0 spiro atoms. The van der Waals surface area contributed by atoms with Gasteiger partial charge in [0.1, 0.15) is 6.29 Å². The van der Waals surface area contributed by atoms with Crippen LogP contribution in [0.15, 0.2) is 0 Å². The van der Waals surface area contributed by atoms with Crippen molar-refractivity contribution in [1.82, 2.24) is 0 Å². The van der Waals surface area contributed by atoms with Crippen molar-refractivity contribution in [3.05, 3.63) is 0 Å². The van der Waals surface area contributed by atoms with Gasteiger partial charge in [0, 0.05) is 6.42 Å². The second kappa shape index (κ2) is 8.78. The molecule has 3 heteroatoms. The lowest BCUT2D eigenvalue weighted by Gasteiger charge is -2.04. The quantitative estimate of drug-likeness (QED) is 0.430. The molecular weight excluding hydrogens is 172 g/mol. The zero-order valence-electron chi connectivity index (χ0n) is 7.41. The van der Waals surface area contributed by atoms with Crippen molar-refractivity contribution >= 4 is 24.3 Å². The molecule has 0 amide bonds. The topological polar surface area (TPSA) is 34.1 Å². The van der Waals surface area contributed by atoms with Crippen molar-refractivity contribution in [3.8, 4) is 0 Å². The minimum atomic E-state index is -0.167. The van der Waals surface area contributed by atoms with E-state index in [1.54, 1.807) is 18.0 Å². The van der Waals surface area contributed by atoms with E-state index in [0.717, 1.165) is 18.5 Å². The first kappa shape index (κ1) is 11.7. The Hall–Kier alpha value is -0.310. The number of hydrogen-bond acceptors (Lipinski definition) is 3. The predicted octanol–water partition coefficient (Wildman–Crippen LogP) is 1.98. The summed E-state index contributed by atoms with van der Waals surface area (Å²) >= 11 is 1.56. The van der Waals surface area contributed by atoms with E-state index in [-0.39, 0.29) is 11.7 Å². The molecular formula is C9H15O2S. The fourth-order valence-electron chi connectivity index (χ4n) is 0.815. The number of rotatable bonds is 8. The zero-order chi connectivity index (χ0) is 9.23. The summed E-state index contributed by atoms with van der Waals surface area (Å²) in [5, 5.41) is -0.167. The Kier molecular flexibility index (Phi) is 8.56. The lowest BCUT2D eigenvalue weighted by Crippen LogP contribution is -2.05. The number of carbonyl (C=O) groups is 1. The van der Waals surface area contributed by atoms with Crippen LogP contribution < -0.4 is 0 Å². The van der Waals surface area contributed by atoms with E-state index in [0.29, 0.717) is 0 Å². The summed E-state index contributed by atoms with van der Waals surface area (Å²) in [4.78, 5) is 20.3. The van der Waals surface area contributed by atoms with Crippen LogP contribution in [0.5, 0.6) is 0 Å². The van der Waals surface area contributed by atoms with E-state index in [4.69, 9.17) is 0 Å². The summed E-state index contributed by atoms with van der Waals surface area (Å²) < 4.78 is 0. The number of aldehydes is 1. The van der Waals surface area contributed by atoms with Crippen LogP contribution in [0.1, 0.15) is 32.6 Å². The first-order valence-corrected chi connectivity index (χ1v) is 5.32. The lowest BCUT2D eigenvalue weighted by molar-refractivity contribution is -0.107. The van der Waals surface area contributed by atoms with Crippen molar-refractivity contribution in [3.63, 3.8) is 0 Å². The van der Waals surface area contributed by atoms with Gasteiger partial charge >= 0.3 is 0 Å². The summed E-state index contributed by atoms with van der Waals surface area (Å²) in [7, 11) is 0. The maximum atomic E-state index is 10.4. The van der Waals surface area contributed by atoms with Gasteiger partial charge in [-0.3, -0.25) is 4.79 Å². The molecule has 0 heterocycles. The Morgan fingerprint density at radius 3 is 2.75 bits per heavy atom. The highest BCUT2D eigenvalue weighted by Gasteiger charge is 2.06. The van der Waals surface area contributed by atoms with Crippen molar-refractivity contribution in [2.45, 2.75) is 37.9 Å². The van der Waals surface area contributed by atoms with Crippen molar-refractivity contribution in [2.75, 3.05) is 5.75 Å². The molecule has 0 saturated carbocycles. The smallest absolute Gasteiger partial charge is 0.199 e. The van der Waals surface area contributed by atoms with E-state index in [1.807, 2.05) is 0 Å². The average molecular weight is 187 g/mol. The van der Waals surface area contributed by atoms with Gasteiger partial charge in [0.2, 0.25) is 0 Å². The van der Waals surface area contributed by atoms with Gasteiger partial charge in [-0.15, -0.1) is 0 Å². The lowest BCUT2D eigenvalue weighted by atomic mass is 10.3. The van der Waals surface area contributed by atoms with Gasteiger partial charge < -0.3 is 4.79 Å². The van der Waals surface area contributed by atoms with Gasteiger partial charge in [0.05, 0.1) is 5.25 Å². The molecule has 0 aromatic carbocycles. The van der Waals surface area contributed by atoms with Gasteiger partial charge in [0.15, 0.2) is 6.29 Å². The molecule has 1 atom stereocenters. The van der Waals surface area contributed by atoms with Crippen molar-refractivity contribution in [2.24, 2.45) is 0 Å². The number of thioether (sulfide) groups is 1. The predicted molar refractivity (Wildman–Crippen MR) is 52.1 cm³/mol. The van der Waals surface area contributed by atoms with E-state index in [1.165, 1.54) is 12.8 Å². The molecule has 0 N–H and O–H groups in total. The van der Waals surface area contributed by atoms with E-state index in [2.05, 4.69) is 6.92 Å². The first-order chi connectivity index (χ1) is 5.85. The average Bonchev–Trinajstić information content (AvgIpc) is 2.10. The molecule has 0 aliphatic carbocycles. The third kappa shape index (κ3) is 6.40. The highest BCUT2D eigenvalue weighted by atomic mass is 32.2. The molecule has 0 rings (SSSR count). The Labute approximate surface area is 78.1 Å². The fourth-order valence-corrected chi connectivity index (χ4v) is 1.75. The highest BCUT2D eigenvalue weighted by molar-refractivity contribution is 8.00. The van der Waals surface area contributed by atoms with Crippen molar-refractivity contribution < 1.29 is 9.59 Å². The van der Waals surface area contributed by atoms with Crippen molar-refractivity contribution in [1.29, 1.82) is 0 Å². The van der Waals surface area contributed by atoms with Gasteiger partial charge in [0.25, 0.3) is 0 Å². The Bertz CT molecular complexity index is 126. The van der Waals surface area contributed by atoms with Crippen LogP contribution >= 0.6 is 11.8 Å². The Morgan fingerprint density at radius 2 is 2.25 bits per heavy atom. The Balaban J connectivity index is 3.31. The molecule has 69 valence electrons. The summed E-state index contributed by atoms with van der Waals surface area (Å²) in [5.74, 6) is 0.971. The third-order valence-electron chi connectivity index (χ3n) is 1.52. The van der Waals surface area contributed by atoms with Crippen LogP contribution in [0.4, 0.5) is 0 Å². The summed E-state index contributed by atoms with van der Waals surface area (Å²) in [6.45, 7) is 2.14. The maximum Gasteiger partial charge on any atom is 0.199 e. The fraction of sp³-hybridized carbons (Fsp3) is 0.778. The van der Waals surface area contributed by atoms with Gasteiger partial charge in [-0.2, -0.15) is 11.8 Å². The molecule has 0 aromatic rings. The molecule has 0 saturated heterocycles. The number of hydrogen-bond donors (Lipinski definition) is 0. The largest absolute Gasteiger partial charge is 0.302 e. The van der Waals surface area contributed by atoms with Crippen LogP contribution in [0, 0.1) is 0 Å². The van der Waals surface area contributed by atoms with E-state index >= 15 is 0 Å². The van der Waals surface area contributed by atoms with E-state index in [9.17, 15) is 9.59 Å². The maximum absolute atomic E-state index is 10.4.